The predicted octanol–water partition coefficient (Wildman–Crippen LogP) is 4.97. The molecule has 2 aliphatic rings. The predicted molar refractivity (Wildman–Crippen MR) is 89.0 cm³/mol. The van der Waals surface area contributed by atoms with Crippen LogP contribution in [0, 0.1) is 17.3 Å². The van der Waals surface area contributed by atoms with Crippen molar-refractivity contribution in [1.29, 1.82) is 0 Å². The molecule has 110 valence electrons. The highest BCUT2D eigenvalue weighted by molar-refractivity contribution is 9.10. The van der Waals surface area contributed by atoms with Crippen LogP contribution in [-0.4, -0.2) is 13.1 Å². The zero-order chi connectivity index (χ0) is 14.2. The van der Waals surface area contributed by atoms with Gasteiger partial charge in [-0.25, -0.2) is 0 Å². The molecule has 1 aliphatic heterocycles. The monoisotopic (exact) mass is 335 g/mol. The molecule has 0 aromatic heterocycles. The minimum Gasteiger partial charge on any atom is -0.316 e. The maximum Gasteiger partial charge on any atom is 0.0175 e. The lowest BCUT2D eigenvalue weighted by atomic mass is 9.53. The normalized spacial score (nSPS) is 38.0. The van der Waals surface area contributed by atoms with Crippen LogP contribution in [0.3, 0.4) is 0 Å². The highest BCUT2D eigenvalue weighted by Gasteiger charge is 2.48. The molecule has 20 heavy (non-hydrogen) atoms. The molecule has 1 spiro atoms. The van der Waals surface area contributed by atoms with Gasteiger partial charge in [-0.05, 0) is 54.3 Å². The first-order valence-electron chi connectivity index (χ1n) is 8.10. The fourth-order valence-corrected chi connectivity index (χ4v) is 5.00. The van der Waals surface area contributed by atoms with Crippen LogP contribution in [0.5, 0.6) is 0 Å². The molecule has 1 aromatic rings. The molecule has 1 aromatic carbocycles. The number of halogens is 1. The molecular weight excluding hydrogens is 310 g/mol. The van der Waals surface area contributed by atoms with E-state index in [1.807, 2.05) is 0 Å². The Labute approximate surface area is 131 Å². The van der Waals surface area contributed by atoms with Gasteiger partial charge < -0.3 is 5.32 Å². The van der Waals surface area contributed by atoms with E-state index in [9.17, 15) is 0 Å². The Morgan fingerprint density at radius 3 is 2.65 bits per heavy atom. The molecule has 4 atom stereocenters. The van der Waals surface area contributed by atoms with Crippen molar-refractivity contribution in [2.75, 3.05) is 13.1 Å². The lowest BCUT2D eigenvalue weighted by molar-refractivity contribution is 0.00902. The Hall–Kier alpha value is -0.340. The fourth-order valence-electron chi connectivity index (χ4n) is 4.73. The molecule has 1 N–H and O–H groups in total. The largest absolute Gasteiger partial charge is 0.316 e. The summed E-state index contributed by atoms with van der Waals surface area (Å²) in [6, 6.07) is 9.06. The van der Waals surface area contributed by atoms with E-state index in [0.717, 1.165) is 18.4 Å². The third-order valence-electron chi connectivity index (χ3n) is 6.14. The van der Waals surface area contributed by atoms with Gasteiger partial charge in [0.05, 0.1) is 0 Å². The van der Waals surface area contributed by atoms with Gasteiger partial charge in [0.25, 0.3) is 0 Å². The van der Waals surface area contributed by atoms with Gasteiger partial charge in [-0.2, -0.15) is 0 Å². The summed E-state index contributed by atoms with van der Waals surface area (Å²) in [5, 5.41) is 3.64. The second-order valence-electron chi connectivity index (χ2n) is 6.95. The van der Waals surface area contributed by atoms with Crippen LogP contribution < -0.4 is 5.32 Å². The lowest BCUT2D eigenvalue weighted by Crippen LogP contribution is -2.50. The van der Waals surface area contributed by atoms with Crippen molar-refractivity contribution in [2.45, 2.75) is 45.4 Å². The van der Waals surface area contributed by atoms with Gasteiger partial charge in [0.15, 0.2) is 0 Å². The van der Waals surface area contributed by atoms with E-state index in [-0.39, 0.29) is 0 Å². The molecule has 1 saturated carbocycles. The van der Waals surface area contributed by atoms with Crippen molar-refractivity contribution in [3.63, 3.8) is 0 Å². The van der Waals surface area contributed by atoms with Gasteiger partial charge in [0, 0.05) is 16.9 Å². The van der Waals surface area contributed by atoms with Gasteiger partial charge in [-0.15, -0.1) is 0 Å². The van der Waals surface area contributed by atoms with Crippen LogP contribution in [0.4, 0.5) is 0 Å². The van der Waals surface area contributed by atoms with Gasteiger partial charge >= 0.3 is 0 Å². The Kier molecular flexibility index (Phi) is 4.24. The smallest absolute Gasteiger partial charge is 0.0175 e. The molecule has 2 heteroatoms. The van der Waals surface area contributed by atoms with Crippen LogP contribution in [0.15, 0.2) is 28.7 Å². The van der Waals surface area contributed by atoms with Crippen LogP contribution >= 0.6 is 15.9 Å². The number of piperidine rings is 1. The summed E-state index contributed by atoms with van der Waals surface area (Å²) in [5.41, 5.74) is 2.05. The van der Waals surface area contributed by atoms with E-state index in [1.165, 1.54) is 42.3 Å². The van der Waals surface area contributed by atoms with Crippen molar-refractivity contribution >= 4 is 15.9 Å². The SMILES string of the molecule is CC1CCCC2(CCNCC2c2ccc(Br)cc2)C1C. The minimum absolute atomic E-state index is 0.525. The molecule has 0 radical (unpaired) electrons. The minimum atomic E-state index is 0.525. The molecule has 3 rings (SSSR count). The summed E-state index contributed by atoms with van der Waals surface area (Å²) < 4.78 is 1.18. The molecule has 4 unspecified atom stereocenters. The van der Waals surface area contributed by atoms with Crippen LogP contribution in [0.25, 0.3) is 0 Å². The maximum atomic E-state index is 3.64. The number of rotatable bonds is 1. The topological polar surface area (TPSA) is 12.0 Å². The van der Waals surface area contributed by atoms with E-state index >= 15 is 0 Å². The number of nitrogens with one attached hydrogen (secondary N) is 1. The first-order chi connectivity index (χ1) is 9.63. The molecular formula is C18H26BrN. The van der Waals surface area contributed by atoms with Crippen molar-refractivity contribution < 1.29 is 0 Å². The number of hydrogen-bond acceptors (Lipinski definition) is 1. The second kappa shape index (κ2) is 5.81. The summed E-state index contributed by atoms with van der Waals surface area (Å²) in [6.45, 7) is 7.33. The second-order valence-corrected chi connectivity index (χ2v) is 7.87. The third-order valence-corrected chi connectivity index (χ3v) is 6.67. The number of hydrogen-bond donors (Lipinski definition) is 1. The van der Waals surface area contributed by atoms with Crippen molar-refractivity contribution in [1.82, 2.24) is 5.32 Å². The first kappa shape index (κ1) is 14.6. The molecule has 0 bridgehead atoms. The summed E-state index contributed by atoms with van der Waals surface area (Å²) in [6.07, 6.45) is 5.60. The highest BCUT2D eigenvalue weighted by atomic mass is 79.9. The molecule has 1 aliphatic carbocycles. The zero-order valence-electron chi connectivity index (χ0n) is 12.7. The van der Waals surface area contributed by atoms with Gasteiger partial charge in [-0.1, -0.05) is 54.8 Å². The number of benzene rings is 1. The van der Waals surface area contributed by atoms with E-state index in [2.05, 4.69) is 59.4 Å². The Morgan fingerprint density at radius 1 is 1.15 bits per heavy atom. The molecule has 0 amide bonds. The van der Waals surface area contributed by atoms with Gasteiger partial charge in [-0.3, -0.25) is 0 Å². The Bertz CT molecular complexity index is 451. The van der Waals surface area contributed by atoms with Crippen LogP contribution in [0.1, 0.15) is 51.0 Å². The fraction of sp³-hybridized carbons (Fsp3) is 0.667. The zero-order valence-corrected chi connectivity index (χ0v) is 14.2. The average Bonchev–Trinajstić information content (AvgIpc) is 2.46. The summed E-state index contributed by atoms with van der Waals surface area (Å²) >= 11 is 3.56. The molecule has 1 nitrogen and oxygen atoms in total. The van der Waals surface area contributed by atoms with Gasteiger partial charge in [0.1, 0.15) is 0 Å². The van der Waals surface area contributed by atoms with E-state index in [0.29, 0.717) is 11.3 Å². The van der Waals surface area contributed by atoms with Crippen molar-refractivity contribution in [2.24, 2.45) is 17.3 Å². The van der Waals surface area contributed by atoms with E-state index in [4.69, 9.17) is 0 Å². The van der Waals surface area contributed by atoms with Crippen LogP contribution in [0.2, 0.25) is 0 Å². The van der Waals surface area contributed by atoms with E-state index in [1.54, 1.807) is 0 Å². The Balaban J connectivity index is 1.96. The van der Waals surface area contributed by atoms with Crippen LogP contribution in [-0.2, 0) is 0 Å². The average molecular weight is 336 g/mol. The van der Waals surface area contributed by atoms with Crippen molar-refractivity contribution in [3.8, 4) is 0 Å². The van der Waals surface area contributed by atoms with Gasteiger partial charge in [0.2, 0.25) is 0 Å². The first-order valence-corrected chi connectivity index (χ1v) is 8.89. The third kappa shape index (κ3) is 2.46. The maximum absolute atomic E-state index is 3.64. The molecule has 1 heterocycles. The molecule has 1 saturated heterocycles. The highest BCUT2D eigenvalue weighted by Crippen LogP contribution is 2.55. The lowest BCUT2D eigenvalue weighted by Gasteiger charge is -2.53. The standard InChI is InChI=1S/C18H26BrN/c1-13-4-3-9-18(14(13)2)10-11-20-12-17(18)15-5-7-16(19)8-6-15/h5-8,13-14,17,20H,3-4,9-12H2,1-2H3. The Morgan fingerprint density at radius 2 is 1.90 bits per heavy atom. The van der Waals surface area contributed by atoms with E-state index < -0.39 is 0 Å². The molecule has 2 fully saturated rings. The van der Waals surface area contributed by atoms with Crippen molar-refractivity contribution in [3.05, 3.63) is 34.3 Å². The summed E-state index contributed by atoms with van der Waals surface area (Å²) in [5.74, 6) is 2.40. The summed E-state index contributed by atoms with van der Waals surface area (Å²) in [4.78, 5) is 0. The summed E-state index contributed by atoms with van der Waals surface area (Å²) in [7, 11) is 0. The quantitative estimate of drug-likeness (QED) is 0.764.